The van der Waals surface area contributed by atoms with Gasteiger partial charge in [0.15, 0.2) is 5.96 Å². The predicted molar refractivity (Wildman–Crippen MR) is 139 cm³/mol. The minimum atomic E-state index is -1.16. The summed E-state index contributed by atoms with van der Waals surface area (Å²) < 4.78 is 0. The molecule has 4 unspecified atom stereocenters. The van der Waals surface area contributed by atoms with E-state index < -0.39 is 47.9 Å². The summed E-state index contributed by atoms with van der Waals surface area (Å²) in [5.41, 5.74) is 17.3. The van der Waals surface area contributed by atoms with Gasteiger partial charge in [-0.05, 0) is 37.2 Å². The predicted octanol–water partition coefficient (Wildman–Crippen LogP) is -0.689. The van der Waals surface area contributed by atoms with E-state index >= 15 is 0 Å². The van der Waals surface area contributed by atoms with Gasteiger partial charge in [0.2, 0.25) is 17.7 Å². The lowest BCUT2D eigenvalue weighted by atomic mass is 10.0. The minimum Gasteiger partial charge on any atom is -0.480 e. The highest BCUT2D eigenvalue weighted by Crippen LogP contribution is 2.21. The third-order valence-electron chi connectivity index (χ3n) is 6.27. The smallest absolute Gasteiger partial charge is 0.326 e. The molecule has 1 aromatic rings. The van der Waals surface area contributed by atoms with Crippen molar-refractivity contribution in [2.24, 2.45) is 28.1 Å². The maximum Gasteiger partial charge on any atom is 0.326 e. The molecule has 1 fully saturated rings. The molecule has 1 aromatic carbocycles. The average molecular weight is 518 g/mol. The molecule has 0 spiro atoms. The Bertz CT molecular complexity index is 965. The first-order chi connectivity index (χ1) is 17.5. The Labute approximate surface area is 217 Å². The van der Waals surface area contributed by atoms with Gasteiger partial charge in [-0.15, -0.1) is 0 Å². The monoisotopic (exact) mass is 517 g/mol. The fourth-order valence-corrected chi connectivity index (χ4v) is 4.22. The molecule has 0 bridgehead atoms. The number of nitrogens with zero attached hydrogens (tertiary/aromatic N) is 2. The third kappa shape index (κ3) is 9.05. The number of nitrogens with two attached hydrogens (primary N) is 3. The number of carbonyl (C=O) groups is 4. The number of guanidine groups is 1. The number of carboxylic acids is 1. The van der Waals surface area contributed by atoms with E-state index in [0.717, 1.165) is 5.56 Å². The van der Waals surface area contributed by atoms with Crippen LogP contribution in [-0.4, -0.2) is 76.9 Å². The summed E-state index contributed by atoms with van der Waals surface area (Å²) in [4.78, 5) is 56.3. The Morgan fingerprint density at radius 1 is 1.14 bits per heavy atom. The number of aliphatic imine (C=N–C) groups is 1. The second-order valence-corrected chi connectivity index (χ2v) is 9.56. The second kappa shape index (κ2) is 14.2. The summed E-state index contributed by atoms with van der Waals surface area (Å²) in [5.74, 6) is -2.87. The second-order valence-electron chi connectivity index (χ2n) is 9.56. The molecule has 1 aliphatic heterocycles. The Morgan fingerprint density at radius 3 is 2.41 bits per heavy atom. The third-order valence-corrected chi connectivity index (χ3v) is 6.27. The summed E-state index contributed by atoms with van der Waals surface area (Å²) in [5, 5.41) is 15.0. The van der Waals surface area contributed by atoms with Crippen LogP contribution in [0.5, 0.6) is 0 Å². The van der Waals surface area contributed by atoms with Crippen LogP contribution in [0.1, 0.15) is 45.1 Å². The summed E-state index contributed by atoms with van der Waals surface area (Å²) in [6, 6.07) is 5.29. The highest BCUT2D eigenvalue weighted by molar-refractivity contribution is 5.94. The van der Waals surface area contributed by atoms with Crippen molar-refractivity contribution >= 4 is 29.7 Å². The number of carbonyl (C=O) groups excluding carboxylic acids is 3. The lowest BCUT2D eigenvalue weighted by Crippen LogP contribution is -2.58. The van der Waals surface area contributed by atoms with Gasteiger partial charge in [0.05, 0.1) is 6.04 Å². The molecule has 0 aliphatic carbocycles. The van der Waals surface area contributed by atoms with Crippen molar-refractivity contribution < 1.29 is 24.3 Å². The Hall–Kier alpha value is -3.67. The van der Waals surface area contributed by atoms with E-state index in [-0.39, 0.29) is 18.3 Å². The van der Waals surface area contributed by atoms with Crippen LogP contribution >= 0.6 is 0 Å². The van der Waals surface area contributed by atoms with Crippen molar-refractivity contribution in [3.63, 3.8) is 0 Å². The minimum absolute atomic E-state index is 0.0394. The van der Waals surface area contributed by atoms with E-state index in [1.807, 2.05) is 6.07 Å². The molecule has 9 N–H and O–H groups in total. The van der Waals surface area contributed by atoms with Crippen molar-refractivity contribution in [2.45, 2.75) is 70.1 Å². The van der Waals surface area contributed by atoms with Crippen molar-refractivity contribution in [3.05, 3.63) is 35.9 Å². The van der Waals surface area contributed by atoms with Crippen molar-refractivity contribution in [3.8, 4) is 0 Å². The molecule has 37 heavy (non-hydrogen) atoms. The Kier molecular flexibility index (Phi) is 11.3. The molecule has 4 atom stereocenters. The number of likely N-dealkylation sites (tertiary alicyclic amines) is 1. The average Bonchev–Trinajstić information content (AvgIpc) is 3.34. The van der Waals surface area contributed by atoms with Crippen molar-refractivity contribution in [1.29, 1.82) is 0 Å². The number of nitrogens with one attached hydrogen (secondary N) is 2. The van der Waals surface area contributed by atoms with Crippen LogP contribution in [0.2, 0.25) is 0 Å². The molecule has 1 aliphatic rings. The number of hydrogen-bond donors (Lipinski definition) is 6. The molecule has 2 rings (SSSR count). The van der Waals surface area contributed by atoms with E-state index in [1.54, 1.807) is 38.1 Å². The largest absolute Gasteiger partial charge is 0.480 e. The number of carboxylic acid groups (broad SMARTS) is 1. The number of amides is 3. The number of aliphatic carboxylic acids is 1. The SMILES string of the molecule is CC(C)C(NC(=O)C(N)CCCN=C(N)N)C(=O)N1CCCC1C(=O)NC(Cc1ccccc1)C(=O)O. The molecule has 12 nitrogen and oxygen atoms in total. The summed E-state index contributed by atoms with van der Waals surface area (Å²) in [7, 11) is 0. The van der Waals surface area contributed by atoms with Crippen LogP contribution in [-0.2, 0) is 25.6 Å². The van der Waals surface area contributed by atoms with Gasteiger partial charge in [0, 0.05) is 19.5 Å². The fourth-order valence-electron chi connectivity index (χ4n) is 4.22. The zero-order valence-electron chi connectivity index (χ0n) is 21.4. The first-order valence-electron chi connectivity index (χ1n) is 12.5. The summed E-state index contributed by atoms with van der Waals surface area (Å²) in [6.45, 7) is 4.25. The van der Waals surface area contributed by atoms with E-state index in [4.69, 9.17) is 17.2 Å². The highest BCUT2D eigenvalue weighted by Gasteiger charge is 2.40. The Morgan fingerprint density at radius 2 is 1.81 bits per heavy atom. The topological polar surface area (TPSA) is 206 Å². The van der Waals surface area contributed by atoms with E-state index in [1.165, 1.54) is 4.90 Å². The maximum atomic E-state index is 13.4. The molecule has 12 heteroatoms. The summed E-state index contributed by atoms with van der Waals surface area (Å²) in [6.07, 6.45) is 1.93. The zero-order valence-corrected chi connectivity index (χ0v) is 21.4. The Balaban J connectivity index is 2.03. The molecule has 0 saturated carbocycles. The van der Waals surface area contributed by atoms with Gasteiger partial charge in [-0.1, -0.05) is 44.2 Å². The molecular weight excluding hydrogens is 478 g/mol. The van der Waals surface area contributed by atoms with Gasteiger partial charge in [-0.2, -0.15) is 0 Å². The molecule has 1 heterocycles. The fraction of sp³-hybridized carbons (Fsp3) is 0.560. The molecule has 0 aromatic heterocycles. The van der Waals surface area contributed by atoms with Gasteiger partial charge in [0.25, 0.3) is 0 Å². The zero-order chi connectivity index (χ0) is 27.5. The van der Waals surface area contributed by atoms with Gasteiger partial charge >= 0.3 is 5.97 Å². The molecule has 3 amide bonds. The van der Waals surface area contributed by atoms with Crippen molar-refractivity contribution in [1.82, 2.24) is 15.5 Å². The first kappa shape index (κ1) is 29.6. The number of benzene rings is 1. The molecule has 1 saturated heterocycles. The number of rotatable bonds is 13. The molecule has 204 valence electrons. The van der Waals surface area contributed by atoms with Gasteiger partial charge in [0.1, 0.15) is 18.1 Å². The van der Waals surface area contributed by atoms with Crippen LogP contribution < -0.4 is 27.8 Å². The van der Waals surface area contributed by atoms with E-state index in [2.05, 4.69) is 15.6 Å². The highest BCUT2D eigenvalue weighted by atomic mass is 16.4. The van der Waals surface area contributed by atoms with E-state index in [9.17, 15) is 24.3 Å². The van der Waals surface area contributed by atoms with Gasteiger partial charge in [-0.3, -0.25) is 19.4 Å². The lowest BCUT2D eigenvalue weighted by molar-refractivity contribution is -0.145. The van der Waals surface area contributed by atoms with Gasteiger partial charge in [-0.25, -0.2) is 4.79 Å². The van der Waals surface area contributed by atoms with Crippen LogP contribution in [0.3, 0.4) is 0 Å². The standard InChI is InChI=1S/C25H39N7O5/c1-15(2)20(31-21(33)17(26)10-6-12-29-25(27)28)23(35)32-13-7-11-19(32)22(34)30-18(24(36)37)14-16-8-4-3-5-9-16/h3-5,8-9,15,17-20H,6-7,10-14,26H2,1-2H3,(H,30,34)(H,31,33)(H,36,37)(H4,27,28,29). The maximum absolute atomic E-state index is 13.4. The van der Waals surface area contributed by atoms with Crippen LogP contribution in [0.25, 0.3) is 0 Å². The summed E-state index contributed by atoms with van der Waals surface area (Å²) >= 11 is 0. The first-order valence-corrected chi connectivity index (χ1v) is 12.5. The van der Waals surface area contributed by atoms with Crippen LogP contribution in [0.15, 0.2) is 35.3 Å². The number of hydrogen-bond acceptors (Lipinski definition) is 6. The normalized spacial score (nSPS) is 17.5. The van der Waals surface area contributed by atoms with Gasteiger partial charge < -0.3 is 37.8 Å². The van der Waals surface area contributed by atoms with E-state index in [0.29, 0.717) is 38.8 Å². The quantitative estimate of drug-likeness (QED) is 0.112. The van der Waals surface area contributed by atoms with Crippen LogP contribution in [0, 0.1) is 5.92 Å². The lowest BCUT2D eigenvalue weighted by Gasteiger charge is -2.31. The molecular formula is C25H39N7O5. The van der Waals surface area contributed by atoms with Crippen molar-refractivity contribution in [2.75, 3.05) is 13.1 Å². The van der Waals surface area contributed by atoms with Crippen LogP contribution in [0.4, 0.5) is 0 Å². The molecule has 0 radical (unpaired) electrons.